The zero-order valence-corrected chi connectivity index (χ0v) is 17.7. The van der Waals surface area contributed by atoms with E-state index < -0.39 is 0 Å². The van der Waals surface area contributed by atoms with Crippen molar-refractivity contribution in [3.8, 4) is 0 Å². The minimum absolute atomic E-state index is 0.0942. The van der Waals surface area contributed by atoms with Crippen molar-refractivity contribution in [1.82, 2.24) is 14.9 Å². The minimum Gasteiger partial charge on any atom is -0.467 e. The second-order valence-corrected chi connectivity index (χ2v) is 7.98. The third kappa shape index (κ3) is 4.01. The number of nitrogens with one attached hydrogen (secondary N) is 1. The third-order valence-corrected chi connectivity index (χ3v) is 5.77. The van der Waals surface area contributed by atoms with Crippen LogP contribution < -0.4 is 15.8 Å². The second-order valence-electron chi connectivity index (χ2n) is 7.98. The van der Waals surface area contributed by atoms with Crippen LogP contribution in [0.15, 0.2) is 76.1 Å². The van der Waals surface area contributed by atoms with Crippen molar-refractivity contribution < 1.29 is 9.21 Å². The molecule has 0 unspecified atom stereocenters. The van der Waals surface area contributed by atoms with Gasteiger partial charge in [0.1, 0.15) is 5.76 Å². The molecule has 0 spiro atoms. The number of rotatable bonds is 6. The van der Waals surface area contributed by atoms with E-state index >= 15 is 0 Å². The molecular weight excluding hydrogens is 404 g/mol. The van der Waals surface area contributed by atoms with E-state index in [1.165, 1.54) is 0 Å². The van der Waals surface area contributed by atoms with Gasteiger partial charge in [-0.3, -0.25) is 14.2 Å². The van der Waals surface area contributed by atoms with E-state index in [-0.39, 0.29) is 11.5 Å². The van der Waals surface area contributed by atoms with Crippen molar-refractivity contribution in [2.45, 2.75) is 25.9 Å². The molecule has 4 aromatic rings. The van der Waals surface area contributed by atoms with Crippen LogP contribution in [0.2, 0.25) is 0 Å². The number of carbonyl (C=O) groups excluding carboxylic acids is 1. The van der Waals surface area contributed by atoms with Gasteiger partial charge in [-0.1, -0.05) is 30.3 Å². The number of benzene rings is 2. The lowest BCUT2D eigenvalue weighted by Crippen LogP contribution is -2.31. The van der Waals surface area contributed by atoms with E-state index in [4.69, 9.17) is 9.40 Å². The van der Waals surface area contributed by atoms with Crippen molar-refractivity contribution in [3.05, 3.63) is 94.2 Å². The zero-order valence-electron chi connectivity index (χ0n) is 17.7. The predicted molar refractivity (Wildman–Crippen MR) is 123 cm³/mol. The SMILES string of the molecule is O=C(NCc1ccco1)c1ccc2c(=O)n(Cc3ccccc3)c(N3CCCC3)nc2c1. The molecule has 0 aliphatic carbocycles. The van der Waals surface area contributed by atoms with Gasteiger partial charge in [-0.25, -0.2) is 4.98 Å². The van der Waals surface area contributed by atoms with Crippen molar-refractivity contribution in [2.75, 3.05) is 18.0 Å². The molecule has 0 radical (unpaired) electrons. The maximum absolute atomic E-state index is 13.5. The largest absolute Gasteiger partial charge is 0.467 e. The van der Waals surface area contributed by atoms with Gasteiger partial charge in [-0.05, 0) is 48.7 Å². The highest BCUT2D eigenvalue weighted by Crippen LogP contribution is 2.21. The fraction of sp³-hybridized carbons (Fsp3) is 0.240. The zero-order chi connectivity index (χ0) is 21.9. The van der Waals surface area contributed by atoms with E-state index in [1.54, 1.807) is 41.2 Å². The molecule has 0 atom stereocenters. The van der Waals surface area contributed by atoms with Crippen LogP contribution in [0.25, 0.3) is 10.9 Å². The van der Waals surface area contributed by atoms with Crippen LogP contribution in [0.4, 0.5) is 5.95 Å². The Bertz CT molecular complexity index is 1290. The van der Waals surface area contributed by atoms with Gasteiger partial charge < -0.3 is 14.6 Å². The summed E-state index contributed by atoms with van der Waals surface area (Å²) in [6.07, 6.45) is 3.73. The molecule has 162 valence electrons. The molecule has 7 nitrogen and oxygen atoms in total. The lowest BCUT2D eigenvalue weighted by Gasteiger charge is -2.22. The summed E-state index contributed by atoms with van der Waals surface area (Å²) in [5.41, 5.74) is 1.95. The van der Waals surface area contributed by atoms with Crippen LogP contribution in [0.1, 0.15) is 34.5 Å². The Morgan fingerprint density at radius 3 is 2.59 bits per heavy atom. The normalized spacial score (nSPS) is 13.6. The molecule has 1 aliphatic heterocycles. The Hall–Kier alpha value is -3.87. The molecule has 5 rings (SSSR count). The summed E-state index contributed by atoms with van der Waals surface area (Å²) >= 11 is 0. The summed E-state index contributed by atoms with van der Waals surface area (Å²) in [5, 5.41) is 3.35. The molecule has 32 heavy (non-hydrogen) atoms. The summed E-state index contributed by atoms with van der Waals surface area (Å²) in [5.74, 6) is 1.11. The first-order valence-electron chi connectivity index (χ1n) is 10.8. The van der Waals surface area contributed by atoms with Crippen LogP contribution in [-0.2, 0) is 13.1 Å². The Labute approximate surface area is 185 Å². The number of amides is 1. The molecule has 7 heteroatoms. The summed E-state index contributed by atoms with van der Waals surface area (Å²) in [6, 6.07) is 18.6. The molecule has 2 aromatic carbocycles. The third-order valence-electron chi connectivity index (χ3n) is 5.77. The highest BCUT2D eigenvalue weighted by Gasteiger charge is 2.21. The molecule has 1 amide bonds. The first kappa shape index (κ1) is 20.1. The van der Waals surface area contributed by atoms with Crippen molar-refractivity contribution in [3.63, 3.8) is 0 Å². The van der Waals surface area contributed by atoms with E-state index in [0.717, 1.165) is 31.5 Å². The monoisotopic (exact) mass is 428 g/mol. The van der Waals surface area contributed by atoms with Crippen LogP contribution in [0.3, 0.4) is 0 Å². The maximum atomic E-state index is 13.5. The summed E-state index contributed by atoms with van der Waals surface area (Å²) in [7, 11) is 0. The van der Waals surface area contributed by atoms with E-state index in [2.05, 4.69) is 10.2 Å². The van der Waals surface area contributed by atoms with Crippen molar-refractivity contribution in [2.24, 2.45) is 0 Å². The van der Waals surface area contributed by atoms with Gasteiger partial charge in [0.15, 0.2) is 0 Å². The molecule has 1 N–H and O–H groups in total. The lowest BCUT2D eigenvalue weighted by atomic mass is 10.1. The average Bonchev–Trinajstić information content (AvgIpc) is 3.54. The van der Waals surface area contributed by atoms with Crippen LogP contribution in [0.5, 0.6) is 0 Å². The van der Waals surface area contributed by atoms with Crippen LogP contribution in [-0.4, -0.2) is 28.5 Å². The molecule has 1 aliphatic rings. The fourth-order valence-electron chi connectivity index (χ4n) is 4.10. The van der Waals surface area contributed by atoms with E-state index in [0.29, 0.717) is 41.3 Å². The Morgan fingerprint density at radius 2 is 1.84 bits per heavy atom. The molecule has 0 saturated carbocycles. The number of carbonyl (C=O) groups is 1. The van der Waals surface area contributed by atoms with Gasteiger partial charge in [-0.2, -0.15) is 0 Å². The second kappa shape index (κ2) is 8.70. The van der Waals surface area contributed by atoms with Gasteiger partial charge in [-0.15, -0.1) is 0 Å². The standard InChI is InChI=1S/C25H24N4O3/c30-23(26-16-20-9-6-14-32-20)19-10-11-21-22(15-19)27-25(28-12-4-5-13-28)29(24(21)31)17-18-7-2-1-3-8-18/h1-3,6-11,14-15H,4-5,12-13,16-17H2,(H,26,30). The molecule has 3 heterocycles. The summed E-state index contributed by atoms with van der Waals surface area (Å²) in [4.78, 5) is 33.1. The number of fused-ring (bicyclic) bond motifs is 1. The predicted octanol–water partition coefficient (Wildman–Crippen LogP) is 3.57. The highest BCUT2D eigenvalue weighted by atomic mass is 16.3. The molecular formula is C25H24N4O3. The number of aromatic nitrogens is 2. The van der Waals surface area contributed by atoms with Crippen molar-refractivity contribution >= 4 is 22.8 Å². The van der Waals surface area contributed by atoms with Crippen LogP contribution in [0, 0.1) is 0 Å². The topological polar surface area (TPSA) is 80.4 Å². The van der Waals surface area contributed by atoms with Gasteiger partial charge in [0.05, 0.1) is 30.3 Å². The minimum atomic E-state index is -0.235. The fourth-order valence-corrected chi connectivity index (χ4v) is 4.10. The Kier molecular flexibility index (Phi) is 5.46. The van der Waals surface area contributed by atoms with Gasteiger partial charge in [0, 0.05) is 18.7 Å². The summed E-state index contributed by atoms with van der Waals surface area (Å²) < 4.78 is 7.01. The molecule has 2 aromatic heterocycles. The smallest absolute Gasteiger partial charge is 0.263 e. The quantitative estimate of drug-likeness (QED) is 0.508. The first-order valence-corrected chi connectivity index (χ1v) is 10.8. The highest BCUT2D eigenvalue weighted by molar-refractivity contribution is 5.97. The van der Waals surface area contributed by atoms with Crippen molar-refractivity contribution in [1.29, 1.82) is 0 Å². The van der Waals surface area contributed by atoms with Gasteiger partial charge in [0.25, 0.3) is 11.5 Å². The number of anilines is 1. The Balaban J connectivity index is 1.52. The summed E-state index contributed by atoms with van der Waals surface area (Å²) in [6.45, 7) is 2.50. The lowest BCUT2D eigenvalue weighted by molar-refractivity contribution is 0.0948. The number of hydrogen-bond donors (Lipinski definition) is 1. The van der Waals surface area contributed by atoms with E-state index in [1.807, 2.05) is 30.3 Å². The van der Waals surface area contributed by atoms with Gasteiger partial charge in [0.2, 0.25) is 5.95 Å². The maximum Gasteiger partial charge on any atom is 0.263 e. The van der Waals surface area contributed by atoms with Gasteiger partial charge >= 0.3 is 0 Å². The van der Waals surface area contributed by atoms with E-state index in [9.17, 15) is 9.59 Å². The number of furan rings is 1. The molecule has 0 bridgehead atoms. The average molecular weight is 428 g/mol. The molecule has 1 saturated heterocycles. The van der Waals surface area contributed by atoms with Crippen LogP contribution >= 0.6 is 0 Å². The number of nitrogens with zero attached hydrogens (tertiary/aromatic N) is 3. The first-order chi connectivity index (χ1) is 15.7. The Morgan fingerprint density at radius 1 is 1.03 bits per heavy atom. The number of hydrogen-bond acceptors (Lipinski definition) is 5. The molecule has 1 fully saturated rings.